The third-order valence-corrected chi connectivity index (χ3v) is 14.9. The molecule has 73 heavy (non-hydrogen) atoms. The molecule has 0 saturated carbocycles. The van der Waals surface area contributed by atoms with Crippen molar-refractivity contribution in [1.29, 1.82) is 0 Å². The molecule has 0 radical (unpaired) electrons. The lowest BCUT2D eigenvalue weighted by Gasteiger charge is -2.47. The van der Waals surface area contributed by atoms with Crippen molar-refractivity contribution >= 4 is 35.7 Å². The van der Waals surface area contributed by atoms with E-state index in [0.29, 0.717) is 51.4 Å². The van der Waals surface area contributed by atoms with E-state index in [0.717, 1.165) is 9.80 Å². The Labute approximate surface area is 437 Å². The van der Waals surface area contributed by atoms with Gasteiger partial charge in [-0.3, -0.25) is 9.59 Å². The van der Waals surface area contributed by atoms with E-state index in [9.17, 15) is 19.2 Å². The van der Waals surface area contributed by atoms with Gasteiger partial charge >= 0.3 is 23.9 Å². The molecule has 0 bridgehead atoms. The van der Waals surface area contributed by atoms with Gasteiger partial charge in [0.1, 0.15) is 54.5 Å². The summed E-state index contributed by atoms with van der Waals surface area (Å²) in [4.78, 5) is 92.8. The van der Waals surface area contributed by atoms with Crippen molar-refractivity contribution in [3.05, 3.63) is 35.9 Å². The quantitative estimate of drug-likeness (QED) is 0.0772. The van der Waals surface area contributed by atoms with E-state index in [1.54, 1.807) is 30.3 Å². The predicted octanol–water partition coefficient (Wildman–Crippen LogP) is 7.39. The lowest BCUT2D eigenvalue weighted by Crippen LogP contribution is -2.62. The Kier molecular flexibility index (Phi) is 17.6. The van der Waals surface area contributed by atoms with Gasteiger partial charge in [-0.25, -0.2) is 19.2 Å². The first-order valence-electron chi connectivity index (χ1n) is 26.8. The number of hydrogen-bond acceptors (Lipinski definition) is 14. The summed E-state index contributed by atoms with van der Waals surface area (Å²) in [5.41, 5.74) is -2.87. The largest absolute Gasteiger partial charge is 0.461 e. The van der Waals surface area contributed by atoms with Gasteiger partial charge in [0, 0.05) is 95.7 Å². The van der Waals surface area contributed by atoms with Crippen molar-refractivity contribution in [3.63, 3.8) is 0 Å². The molecular formula is C57H94N6O10. The van der Waals surface area contributed by atoms with Gasteiger partial charge in [0.15, 0.2) is 0 Å². The summed E-state index contributed by atoms with van der Waals surface area (Å²) in [6, 6.07) is 2.64. The van der Waals surface area contributed by atoms with Crippen molar-refractivity contribution in [1.82, 2.24) is 31.1 Å². The maximum Gasteiger partial charge on any atom is 0.328 e. The first-order valence-corrected chi connectivity index (χ1v) is 26.8. The average Bonchev–Trinajstić information content (AvgIpc) is 3.16. The van der Waals surface area contributed by atoms with Crippen LogP contribution in [0, 0.1) is 0 Å². The zero-order valence-electron chi connectivity index (χ0n) is 48.2. The van der Waals surface area contributed by atoms with Crippen LogP contribution in [0.1, 0.15) is 201 Å². The maximum absolute atomic E-state index is 16.0. The number of nitrogens with one attached hydrogen (secondary N) is 4. The molecule has 16 nitrogen and oxygen atoms in total. The lowest BCUT2D eigenvalue weighted by atomic mass is 9.81. The van der Waals surface area contributed by atoms with E-state index >= 15 is 9.59 Å². The molecule has 16 heteroatoms. The average molecular weight is 1020 g/mol. The van der Waals surface area contributed by atoms with E-state index in [4.69, 9.17) is 18.9 Å². The molecule has 2 amide bonds. The molecule has 4 aliphatic heterocycles. The SMILES string of the molecule is CC(C(=O)OC1CC(C)(C)NC(C)(C)C1)N(C(=O)C(C(=O)N(C(C)C(=O)OC1CC(C)(C)NC(C)(C)C1)C(C)C(=O)OC1CC(C)(C)NC(C)(C)C1)c1ccccc1)C(C)C(=O)OC1CC(C)(C)NC(C)(C)C1. The van der Waals surface area contributed by atoms with Gasteiger partial charge in [-0.15, -0.1) is 0 Å². The first kappa shape index (κ1) is 59.8. The summed E-state index contributed by atoms with van der Waals surface area (Å²) in [5, 5.41) is 14.4. The highest BCUT2D eigenvalue weighted by Gasteiger charge is 2.50. The summed E-state index contributed by atoms with van der Waals surface area (Å²) in [5.74, 6) is -6.67. The second-order valence-corrected chi connectivity index (χ2v) is 27.5. The normalized spacial score (nSPS) is 25.3. The summed E-state index contributed by atoms with van der Waals surface area (Å²) in [6.45, 7) is 38.5. The molecule has 0 aliphatic carbocycles. The molecule has 412 valence electrons. The fraction of sp³-hybridized carbons (Fsp3) is 0.789. The molecule has 4 aliphatic rings. The molecule has 4 fully saturated rings. The van der Waals surface area contributed by atoms with Crippen LogP contribution in [0.25, 0.3) is 0 Å². The number of carbonyl (C=O) groups excluding carboxylic acids is 6. The number of ether oxygens (including phenoxy) is 4. The van der Waals surface area contributed by atoms with E-state index < -0.39 is 90.2 Å². The standard InChI is InChI=1S/C57H94N6O10/c1-34(46(66)70-39-26-50(5,6)58-51(7,8)27-39)62(35(2)47(67)71-40-28-52(9,10)59-53(11,12)29-40)44(64)43(38-24-22-21-23-25-38)45(65)63(36(3)48(68)72-41-30-54(13,14)60-55(15,16)31-41)37(4)49(69)73-42-32-56(17,18)61-57(19,20)33-42/h21-25,34-37,39-43,58-61H,26-33H2,1-20H3. The number of esters is 4. The fourth-order valence-electron chi connectivity index (χ4n) is 13.5. The van der Waals surface area contributed by atoms with Gasteiger partial charge in [-0.1, -0.05) is 30.3 Å². The Morgan fingerprint density at radius 1 is 0.384 bits per heavy atom. The second kappa shape index (κ2) is 21.5. The Balaban J connectivity index is 1.60. The van der Waals surface area contributed by atoms with Gasteiger partial charge in [-0.2, -0.15) is 0 Å². The van der Waals surface area contributed by atoms with Crippen LogP contribution < -0.4 is 21.3 Å². The molecular weight excluding hydrogens is 929 g/mol. The van der Waals surface area contributed by atoms with Crippen molar-refractivity contribution in [2.24, 2.45) is 0 Å². The predicted molar refractivity (Wildman–Crippen MR) is 282 cm³/mol. The number of hydrogen-bond donors (Lipinski definition) is 4. The third-order valence-electron chi connectivity index (χ3n) is 14.9. The smallest absolute Gasteiger partial charge is 0.328 e. The van der Waals surface area contributed by atoms with Gasteiger partial charge in [0.25, 0.3) is 0 Å². The molecule has 0 aromatic heterocycles. The minimum absolute atomic E-state index is 0.210. The van der Waals surface area contributed by atoms with Gasteiger partial charge in [0.2, 0.25) is 11.8 Å². The van der Waals surface area contributed by atoms with Gasteiger partial charge in [-0.05, 0) is 144 Å². The number of nitrogens with zero attached hydrogens (tertiary/aromatic N) is 2. The summed E-state index contributed by atoms with van der Waals surface area (Å²) < 4.78 is 25.1. The van der Waals surface area contributed by atoms with Crippen LogP contribution in [0.4, 0.5) is 0 Å². The molecule has 4 unspecified atom stereocenters. The summed E-state index contributed by atoms with van der Waals surface area (Å²) >= 11 is 0. The Hall–Kier alpha value is -4.12. The van der Waals surface area contributed by atoms with E-state index in [2.05, 4.69) is 21.3 Å². The molecule has 4 atom stereocenters. The van der Waals surface area contributed by atoms with Crippen LogP contribution in [0.2, 0.25) is 0 Å². The summed E-state index contributed by atoms with van der Waals surface area (Å²) in [6.07, 6.45) is 1.77. The van der Waals surface area contributed by atoms with E-state index in [-0.39, 0.29) is 49.9 Å². The Morgan fingerprint density at radius 3 is 0.767 bits per heavy atom. The molecule has 5 rings (SSSR count). The first-order chi connectivity index (χ1) is 33.1. The Bertz CT molecular complexity index is 1870. The molecule has 4 heterocycles. The van der Waals surface area contributed by atoms with Gasteiger partial charge < -0.3 is 50.0 Å². The highest BCUT2D eigenvalue weighted by atomic mass is 16.6. The molecule has 1 aromatic rings. The minimum atomic E-state index is -1.78. The second-order valence-electron chi connectivity index (χ2n) is 27.5. The number of rotatable bonds is 15. The number of benzene rings is 1. The van der Waals surface area contributed by atoms with Crippen LogP contribution in [0.3, 0.4) is 0 Å². The minimum Gasteiger partial charge on any atom is -0.461 e. The van der Waals surface area contributed by atoms with Crippen molar-refractivity contribution in [2.45, 2.75) is 289 Å². The lowest BCUT2D eigenvalue weighted by molar-refractivity contribution is -0.174. The van der Waals surface area contributed by atoms with Crippen LogP contribution in [0.15, 0.2) is 30.3 Å². The van der Waals surface area contributed by atoms with Crippen molar-refractivity contribution in [2.75, 3.05) is 0 Å². The van der Waals surface area contributed by atoms with Gasteiger partial charge in [0.05, 0.1) is 0 Å². The molecule has 0 spiro atoms. The topological polar surface area (TPSA) is 194 Å². The molecule has 4 N–H and O–H groups in total. The van der Waals surface area contributed by atoms with Crippen molar-refractivity contribution < 1.29 is 47.7 Å². The van der Waals surface area contributed by atoms with Crippen LogP contribution in [-0.2, 0) is 47.7 Å². The van der Waals surface area contributed by atoms with E-state index in [1.807, 2.05) is 111 Å². The van der Waals surface area contributed by atoms with Crippen LogP contribution in [-0.4, -0.2) is 138 Å². The number of piperidine rings is 4. The molecule has 1 aromatic carbocycles. The zero-order valence-corrected chi connectivity index (χ0v) is 48.2. The third kappa shape index (κ3) is 16.0. The van der Waals surface area contributed by atoms with Crippen LogP contribution in [0.5, 0.6) is 0 Å². The highest BCUT2D eigenvalue weighted by Crippen LogP contribution is 2.36. The Morgan fingerprint density at radius 2 is 0.575 bits per heavy atom. The maximum atomic E-state index is 16.0. The number of carbonyl (C=O) groups is 6. The van der Waals surface area contributed by atoms with Crippen molar-refractivity contribution in [3.8, 4) is 0 Å². The fourth-order valence-corrected chi connectivity index (χ4v) is 13.5. The summed E-state index contributed by atoms with van der Waals surface area (Å²) in [7, 11) is 0. The molecule has 4 saturated heterocycles. The zero-order chi connectivity index (χ0) is 55.2. The number of amides is 2. The highest BCUT2D eigenvalue weighted by molar-refractivity contribution is 6.09. The van der Waals surface area contributed by atoms with E-state index in [1.165, 1.54) is 27.7 Å². The van der Waals surface area contributed by atoms with Crippen LogP contribution >= 0.6 is 0 Å². The monoisotopic (exact) mass is 1020 g/mol.